The van der Waals surface area contributed by atoms with Crippen LogP contribution in [-0.4, -0.2) is 40.5 Å². The Morgan fingerprint density at radius 3 is 2.13 bits per heavy atom. The minimum Gasteiger partial charge on any atom is -0.493 e. The Hall–Kier alpha value is -2.80. The largest absolute Gasteiger partial charge is 0.493 e. The van der Waals surface area contributed by atoms with Crippen molar-refractivity contribution in [2.45, 2.75) is 32.5 Å². The maximum atomic E-state index is 6.36. The van der Waals surface area contributed by atoms with E-state index in [1.54, 1.807) is 21.3 Å². The Kier molecular flexibility index (Phi) is 5.32. The van der Waals surface area contributed by atoms with Crippen LogP contribution in [-0.2, 0) is 4.74 Å². The van der Waals surface area contributed by atoms with E-state index in [1.165, 1.54) is 0 Å². The van der Waals surface area contributed by atoms with Gasteiger partial charge in [-0.2, -0.15) is 0 Å². The molecule has 0 fully saturated rings. The van der Waals surface area contributed by atoms with Crippen molar-refractivity contribution < 1.29 is 33.2 Å². The summed E-state index contributed by atoms with van der Waals surface area (Å²) < 4.78 is 40.3. The number of benzene rings is 2. The summed E-state index contributed by atoms with van der Waals surface area (Å²) in [5.41, 5.74) is 2.00. The van der Waals surface area contributed by atoms with Crippen LogP contribution < -0.4 is 28.4 Å². The average Bonchev–Trinajstić information content (AvgIpc) is 3.19. The molecular formula is C23H28O7. The normalized spacial score (nSPS) is 24.1. The van der Waals surface area contributed by atoms with Gasteiger partial charge in [0.25, 0.3) is 0 Å². The van der Waals surface area contributed by atoms with Crippen molar-refractivity contribution in [1.29, 1.82) is 0 Å². The van der Waals surface area contributed by atoms with Gasteiger partial charge in [-0.05, 0) is 30.7 Å². The van der Waals surface area contributed by atoms with Crippen molar-refractivity contribution >= 4 is 0 Å². The maximum absolute atomic E-state index is 6.36. The topological polar surface area (TPSA) is 64.6 Å². The molecule has 162 valence electrons. The number of hydrogen-bond acceptors (Lipinski definition) is 7. The summed E-state index contributed by atoms with van der Waals surface area (Å²) in [5, 5.41) is 0. The molecule has 3 atom stereocenters. The third kappa shape index (κ3) is 3.17. The Labute approximate surface area is 176 Å². The first kappa shape index (κ1) is 20.5. The molecule has 7 nitrogen and oxygen atoms in total. The number of hydrogen-bond donors (Lipinski definition) is 0. The fraction of sp³-hybridized carbons (Fsp3) is 0.478. The molecule has 0 saturated heterocycles. The van der Waals surface area contributed by atoms with Crippen molar-refractivity contribution in [1.82, 2.24) is 0 Å². The van der Waals surface area contributed by atoms with Crippen molar-refractivity contribution in [2.24, 2.45) is 5.92 Å². The van der Waals surface area contributed by atoms with Gasteiger partial charge in [-0.1, -0.05) is 6.92 Å². The molecule has 0 bridgehead atoms. The molecule has 7 heteroatoms. The number of fused-ring (bicyclic) bond motifs is 2. The third-order valence-electron chi connectivity index (χ3n) is 5.96. The highest BCUT2D eigenvalue weighted by atomic mass is 16.7. The summed E-state index contributed by atoms with van der Waals surface area (Å²) in [6, 6.07) is 7.84. The van der Waals surface area contributed by atoms with Crippen LogP contribution in [0.1, 0.15) is 37.8 Å². The summed E-state index contributed by atoms with van der Waals surface area (Å²) in [5.74, 6) is 2.96. The highest BCUT2D eigenvalue weighted by Gasteiger charge is 2.47. The van der Waals surface area contributed by atoms with Gasteiger partial charge in [-0.15, -0.1) is 0 Å². The van der Waals surface area contributed by atoms with E-state index in [2.05, 4.69) is 6.92 Å². The molecule has 0 aromatic heterocycles. The summed E-state index contributed by atoms with van der Waals surface area (Å²) in [7, 11) is 4.83. The van der Waals surface area contributed by atoms with E-state index < -0.39 is 5.79 Å². The van der Waals surface area contributed by atoms with E-state index in [-0.39, 0.29) is 18.6 Å². The first-order valence-corrected chi connectivity index (χ1v) is 10.0. The number of methoxy groups -OCH3 is 3. The van der Waals surface area contributed by atoms with Gasteiger partial charge in [0.15, 0.2) is 23.0 Å². The van der Waals surface area contributed by atoms with Gasteiger partial charge < -0.3 is 33.2 Å². The summed E-state index contributed by atoms with van der Waals surface area (Å²) in [6.45, 7) is 6.79. The molecule has 30 heavy (non-hydrogen) atoms. The first-order valence-electron chi connectivity index (χ1n) is 10.0. The zero-order valence-electron chi connectivity index (χ0n) is 18.2. The maximum Gasteiger partial charge on any atom is 0.231 e. The molecule has 0 N–H and O–H groups in total. The molecule has 4 rings (SSSR count). The van der Waals surface area contributed by atoms with Gasteiger partial charge in [0.1, 0.15) is 5.75 Å². The van der Waals surface area contributed by atoms with Gasteiger partial charge in [-0.25, -0.2) is 0 Å². The second-order valence-corrected chi connectivity index (χ2v) is 7.52. The lowest BCUT2D eigenvalue weighted by molar-refractivity contribution is -0.209. The van der Waals surface area contributed by atoms with Crippen LogP contribution in [0.4, 0.5) is 0 Å². The van der Waals surface area contributed by atoms with Crippen LogP contribution >= 0.6 is 0 Å². The van der Waals surface area contributed by atoms with Crippen LogP contribution in [0, 0.1) is 5.92 Å². The number of ether oxygens (including phenoxy) is 7. The number of rotatable bonds is 6. The van der Waals surface area contributed by atoms with Crippen LogP contribution in [0.2, 0.25) is 0 Å². The van der Waals surface area contributed by atoms with E-state index in [4.69, 9.17) is 33.2 Å². The molecule has 0 aliphatic carbocycles. The molecule has 0 saturated carbocycles. The summed E-state index contributed by atoms with van der Waals surface area (Å²) in [4.78, 5) is 0. The van der Waals surface area contributed by atoms with E-state index in [9.17, 15) is 0 Å². The van der Waals surface area contributed by atoms with Crippen molar-refractivity contribution in [3.63, 3.8) is 0 Å². The van der Waals surface area contributed by atoms with Crippen molar-refractivity contribution in [3.05, 3.63) is 35.4 Å². The van der Waals surface area contributed by atoms with Crippen LogP contribution in [0.25, 0.3) is 0 Å². The van der Waals surface area contributed by atoms with Crippen molar-refractivity contribution in [3.8, 4) is 34.5 Å². The minimum absolute atomic E-state index is 0.0203. The monoisotopic (exact) mass is 416 g/mol. The van der Waals surface area contributed by atoms with Gasteiger partial charge >= 0.3 is 0 Å². The Morgan fingerprint density at radius 2 is 1.57 bits per heavy atom. The molecule has 2 heterocycles. The molecule has 2 aromatic rings. The fourth-order valence-corrected chi connectivity index (χ4v) is 4.35. The standard InChI is InChI=1S/C23H28O7/c1-7-29-23(3)13(2)21(14-8-19(24-4)22(26-6)20(9-14)25-5)15-10-17-18(28-12-27-17)11-16(15)30-23/h8-11,13,21H,7,12H2,1-6H3/t13-,21-,23-/m1/s1. The predicted octanol–water partition coefficient (Wildman–Crippen LogP) is 4.35. The Balaban J connectivity index is 1.92. The van der Waals surface area contributed by atoms with Gasteiger partial charge in [0, 0.05) is 37.0 Å². The lowest BCUT2D eigenvalue weighted by atomic mass is 9.75. The van der Waals surface area contributed by atoms with E-state index in [0.29, 0.717) is 41.1 Å². The molecule has 2 aliphatic heterocycles. The van der Waals surface area contributed by atoms with Crippen molar-refractivity contribution in [2.75, 3.05) is 34.7 Å². The van der Waals surface area contributed by atoms with Gasteiger partial charge in [0.05, 0.1) is 21.3 Å². The molecular weight excluding hydrogens is 388 g/mol. The van der Waals surface area contributed by atoms with Crippen LogP contribution in [0.3, 0.4) is 0 Å². The highest BCUT2D eigenvalue weighted by Crippen LogP contribution is 2.54. The van der Waals surface area contributed by atoms with E-state index in [0.717, 1.165) is 11.1 Å². The summed E-state index contributed by atoms with van der Waals surface area (Å²) >= 11 is 0. The lowest BCUT2D eigenvalue weighted by Crippen LogP contribution is -2.48. The van der Waals surface area contributed by atoms with E-state index in [1.807, 2.05) is 38.1 Å². The molecule has 0 unspecified atom stereocenters. The Bertz CT molecular complexity index is 916. The quantitative estimate of drug-likeness (QED) is 0.693. The summed E-state index contributed by atoms with van der Waals surface area (Å²) in [6.07, 6.45) is 0. The zero-order chi connectivity index (χ0) is 21.5. The molecule has 2 aliphatic rings. The van der Waals surface area contributed by atoms with Gasteiger partial charge in [-0.3, -0.25) is 0 Å². The third-order valence-corrected chi connectivity index (χ3v) is 5.96. The SMILES string of the molecule is CCO[C@]1(C)Oc2cc3c(cc2[C@@H](c2cc(OC)c(OC)c(OC)c2)[C@H]1C)OCO3. The molecule has 0 spiro atoms. The lowest BCUT2D eigenvalue weighted by Gasteiger charge is -2.45. The average molecular weight is 416 g/mol. The minimum atomic E-state index is -0.819. The highest BCUT2D eigenvalue weighted by molar-refractivity contribution is 5.60. The zero-order valence-corrected chi connectivity index (χ0v) is 18.2. The van der Waals surface area contributed by atoms with E-state index >= 15 is 0 Å². The predicted molar refractivity (Wildman–Crippen MR) is 110 cm³/mol. The second kappa shape index (κ2) is 7.80. The fourth-order valence-electron chi connectivity index (χ4n) is 4.35. The van der Waals surface area contributed by atoms with Crippen LogP contribution in [0.15, 0.2) is 24.3 Å². The smallest absolute Gasteiger partial charge is 0.231 e. The molecule has 0 radical (unpaired) electrons. The van der Waals surface area contributed by atoms with Gasteiger partial charge in [0.2, 0.25) is 18.3 Å². The first-order chi connectivity index (χ1) is 14.5. The second-order valence-electron chi connectivity index (χ2n) is 7.52. The molecule has 2 aromatic carbocycles. The molecule has 0 amide bonds. The van der Waals surface area contributed by atoms with Crippen LogP contribution in [0.5, 0.6) is 34.5 Å². The Morgan fingerprint density at radius 1 is 0.933 bits per heavy atom.